The average molecular weight is 475 g/mol. The van der Waals surface area contributed by atoms with Gasteiger partial charge in [-0.25, -0.2) is 15.0 Å². The molecule has 0 radical (unpaired) electrons. The Labute approximate surface area is 199 Å². The van der Waals surface area contributed by atoms with Crippen LogP contribution in [-0.4, -0.2) is 51.8 Å². The lowest BCUT2D eigenvalue weighted by molar-refractivity contribution is 0.266. The zero-order valence-corrected chi connectivity index (χ0v) is 20.4. The Morgan fingerprint density at radius 1 is 1.15 bits per heavy atom. The highest BCUT2D eigenvalue weighted by Gasteiger charge is 2.29. The third-order valence-electron chi connectivity index (χ3n) is 6.32. The number of anilines is 4. The molecule has 2 aliphatic rings. The summed E-state index contributed by atoms with van der Waals surface area (Å²) in [4.78, 5) is 19.8. The summed E-state index contributed by atoms with van der Waals surface area (Å²) >= 11 is 0. The summed E-state index contributed by atoms with van der Waals surface area (Å²) in [5.74, 6) is 1.51. The van der Waals surface area contributed by atoms with E-state index in [1.54, 1.807) is 25.6 Å². The highest BCUT2D eigenvalue weighted by molar-refractivity contribution is 7.69. The SMILES string of the molecule is CN1Cc2cc(Nc3ncc(C#N)c(Nc4nccc(P(C)(C)=O)n4)n3)cc3c2C(CCC3)C1. The van der Waals surface area contributed by atoms with Gasteiger partial charge in [-0.15, -0.1) is 0 Å². The lowest BCUT2D eigenvalue weighted by atomic mass is 9.77. The second kappa shape index (κ2) is 8.79. The minimum atomic E-state index is -2.55. The molecule has 1 aliphatic heterocycles. The van der Waals surface area contributed by atoms with Crippen molar-refractivity contribution in [3.05, 3.63) is 52.8 Å². The van der Waals surface area contributed by atoms with Crippen molar-refractivity contribution in [1.29, 1.82) is 5.26 Å². The summed E-state index contributed by atoms with van der Waals surface area (Å²) in [6, 6.07) is 8.13. The van der Waals surface area contributed by atoms with Gasteiger partial charge in [0.25, 0.3) is 0 Å². The predicted octanol–water partition coefficient (Wildman–Crippen LogP) is 3.74. The minimum Gasteiger partial charge on any atom is -0.324 e. The Morgan fingerprint density at radius 2 is 1.94 bits per heavy atom. The maximum Gasteiger partial charge on any atom is 0.229 e. The number of likely N-dealkylation sites (N-methyl/N-ethyl adjacent to an activating group) is 1. The molecule has 0 amide bonds. The van der Waals surface area contributed by atoms with Crippen LogP contribution in [0.5, 0.6) is 0 Å². The van der Waals surface area contributed by atoms with E-state index in [0.717, 1.165) is 25.2 Å². The second-order valence-corrected chi connectivity index (χ2v) is 12.6. The fraction of sp³-hybridized carbons (Fsp3) is 0.375. The van der Waals surface area contributed by atoms with Crippen molar-refractivity contribution in [2.45, 2.75) is 31.7 Å². The molecule has 5 rings (SSSR count). The predicted molar refractivity (Wildman–Crippen MR) is 133 cm³/mol. The molecular formula is C24H27N8OP. The molecule has 1 aliphatic carbocycles. The van der Waals surface area contributed by atoms with Crippen LogP contribution in [-0.2, 0) is 17.5 Å². The van der Waals surface area contributed by atoms with Gasteiger partial charge in [-0.05, 0) is 80.4 Å². The first-order valence-corrected chi connectivity index (χ1v) is 13.9. The summed E-state index contributed by atoms with van der Waals surface area (Å²) in [6.45, 7) is 5.36. The topological polar surface area (TPSA) is 120 Å². The molecule has 3 heterocycles. The van der Waals surface area contributed by atoms with Crippen LogP contribution in [0.4, 0.5) is 23.4 Å². The number of aromatic nitrogens is 4. The number of nitriles is 1. The number of benzene rings is 1. The highest BCUT2D eigenvalue weighted by atomic mass is 31.2. The van der Waals surface area contributed by atoms with Crippen molar-refractivity contribution in [1.82, 2.24) is 24.8 Å². The Morgan fingerprint density at radius 3 is 2.74 bits per heavy atom. The van der Waals surface area contributed by atoms with Crippen LogP contribution < -0.4 is 16.1 Å². The molecule has 0 fully saturated rings. The van der Waals surface area contributed by atoms with E-state index in [4.69, 9.17) is 0 Å². The van der Waals surface area contributed by atoms with E-state index in [1.165, 1.54) is 35.7 Å². The van der Waals surface area contributed by atoms with Crippen molar-refractivity contribution in [2.24, 2.45) is 0 Å². The number of nitrogens with one attached hydrogen (secondary N) is 2. The van der Waals surface area contributed by atoms with E-state index in [2.05, 4.69) is 60.7 Å². The molecule has 0 spiro atoms. The monoisotopic (exact) mass is 474 g/mol. The average Bonchev–Trinajstić information content (AvgIpc) is 2.79. The van der Waals surface area contributed by atoms with Crippen molar-refractivity contribution >= 4 is 36.0 Å². The third kappa shape index (κ3) is 4.52. The third-order valence-corrected chi connectivity index (χ3v) is 7.67. The first-order chi connectivity index (χ1) is 16.3. The lowest BCUT2D eigenvalue weighted by Gasteiger charge is -2.37. The smallest absolute Gasteiger partial charge is 0.229 e. The van der Waals surface area contributed by atoms with Crippen molar-refractivity contribution in [3.63, 3.8) is 0 Å². The summed E-state index contributed by atoms with van der Waals surface area (Å²) in [7, 11) is -0.378. The molecule has 2 N–H and O–H groups in total. The Kier molecular flexibility index (Phi) is 5.80. The van der Waals surface area contributed by atoms with E-state index < -0.39 is 7.14 Å². The zero-order chi connectivity index (χ0) is 23.9. The number of hydrogen-bond acceptors (Lipinski definition) is 9. The maximum absolute atomic E-state index is 12.4. The van der Waals surface area contributed by atoms with Crippen molar-refractivity contribution in [3.8, 4) is 6.07 Å². The van der Waals surface area contributed by atoms with Crippen LogP contribution in [0.25, 0.3) is 0 Å². The summed E-state index contributed by atoms with van der Waals surface area (Å²) in [5, 5.41) is 15.8. The molecule has 9 nitrogen and oxygen atoms in total. The number of aryl methyl sites for hydroxylation is 1. The summed E-state index contributed by atoms with van der Waals surface area (Å²) in [5.41, 5.74) is 5.96. The molecule has 174 valence electrons. The van der Waals surface area contributed by atoms with E-state index in [-0.39, 0.29) is 11.5 Å². The van der Waals surface area contributed by atoms with E-state index in [0.29, 0.717) is 23.1 Å². The van der Waals surface area contributed by atoms with Gasteiger partial charge in [0.1, 0.15) is 24.2 Å². The van der Waals surface area contributed by atoms with Gasteiger partial charge in [0, 0.05) is 25.0 Å². The molecule has 34 heavy (non-hydrogen) atoms. The van der Waals surface area contributed by atoms with Gasteiger partial charge in [0.05, 0.1) is 6.20 Å². The number of hydrogen-bond donors (Lipinski definition) is 2. The van der Waals surface area contributed by atoms with Crippen LogP contribution in [0.15, 0.2) is 30.6 Å². The van der Waals surface area contributed by atoms with Crippen LogP contribution in [0, 0.1) is 11.3 Å². The van der Waals surface area contributed by atoms with Crippen LogP contribution >= 0.6 is 7.14 Å². The van der Waals surface area contributed by atoms with Gasteiger partial charge in [0.2, 0.25) is 11.9 Å². The van der Waals surface area contributed by atoms with E-state index >= 15 is 0 Å². The van der Waals surface area contributed by atoms with Crippen LogP contribution in [0.3, 0.4) is 0 Å². The molecular weight excluding hydrogens is 447 g/mol. The summed E-state index contributed by atoms with van der Waals surface area (Å²) in [6.07, 6.45) is 6.56. The van der Waals surface area contributed by atoms with Gasteiger partial charge in [-0.2, -0.15) is 10.2 Å². The molecule has 0 saturated carbocycles. The van der Waals surface area contributed by atoms with Crippen LogP contribution in [0.1, 0.15) is 41.0 Å². The Balaban J connectivity index is 1.44. The first kappa shape index (κ1) is 22.5. The van der Waals surface area contributed by atoms with Gasteiger partial charge in [-0.1, -0.05) is 0 Å². The largest absolute Gasteiger partial charge is 0.324 e. The van der Waals surface area contributed by atoms with Gasteiger partial charge in [0.15, 0.2) is 5.82 Å². The fourth-order valence-electron chi connectivity index (χ4n) is 4.87. The Hall–Kier alpha value is -3.34. The van der Waals surface area contributed by atoms with Gasteiger partial charge in [-0.3, -0.25) is 0 Å². The van der Waals surface area contributed by atoms with Crippen molar-refractivity contribution in [2.75, 3.05) is 37.6 Å². The normalized spacial score (nSPS) is 17.5. The molecule has 10 heteroatoms. The second-order valence-electron chi connectivity index (χ2n) is 9.40. The molecule has 1 aromatic carbocycles. The number of nitrogens with zero attached hydrogens (tertiary/aromatic N) is 6. The van der Waals surface area contributed by atoms with Crippen LogP contribution in [0.2, 0.25) is 0 Å². The zero-order valence-electron chi connectivity index (χ0n) is 19.5. The minimum absolute atomic E-state index is 0.231. The Bertz CT molecular complexity index is 1350. The van der Waals surface area contributed by atoms with E-state index in [1.807, 2.05) is 0 Å². The molecule has 1 unspecified atom stereocenters. The quantitative estimate of drug-likeness (QED) is 0.533. The van der Waals surface area contributed by atoms with E-state index in [9.17, 15) is 9.83 Å². The highest BCUT2D eigenvalue weighted by Crippen LogP contribution is 2.40. The molecule has 0 bridgehead atoms. The van der Waals surface area contributed by atoms with Gasteiger partial charge < -0.3 is 20.1 Å². The standard InChI is InChI=1S/C24H27N8OP/c1-32-13-16-6-4-5-15-9-19(10-17(14-32)21(15)16)28-24-27-12-18(11-25)22(31-24)30-23-26-8-7-20(29-23)34(2,3)33/h7-10,12,16H,4-6,13-14H2,1-3H3,(H2,26,27,28,29,30,31). The molecule has 2 aromatic heterocycles. The molecule has 3 aromatic rings. The first-order valence-electron chi connectivity index (χ1n) is 11.3. The maximum atomic E-state index is 12.4. The summed E-state index contributed by atoms with van der Waals surface area (Å²) < 4.78 is 12.4. The van der Waals surface area contributed by atoms with Gasteiger partial charge >= 0.3 is 0 Å². The number of rotatable bonds is 5. The molecule has 0 saturated heterocycles. The molecule has 1 atom stereocenters. The lowest BCUT2D eigenvalue weighted by Crippen LogP contribution is -2.33. The van der Waals surface area contributed by atoms with Crippen molar-refractivity contribution < 1.29 is 4.57 Å². The fourth-order valence-corrected chi connectivity index (χ4v) is 5.64.